The number of nitrogens with one attached hydrogen (secondary N) is 1. The van der Waals surface area contributed by atoms with Crippen LogP contribution in [-0.4, -0.2) is 55.1 Å². The molecule has 1 aromatic carbocycles. The maximum atomic E-state index is 13.6. The van der Waals surface area contributed by atoms with Gasteiger partial charge in [-0.3, -0.25) is 10.1 Å². The average molecular weight is 526 g/mol. The highest BCUT2D eigenvalue weighted by Crippen LogP contribution is 2.40. The molecule has 3 rings (SSSR count). The molecule has 38 heavy (non-hydrogen) atoms. The zero-order valence-corrected chi connectivity index (χ0v) is 23.0. The highest BCUT2D eigenvalue weighted by atomic mass is 16.6. The van der Waals surface area contributed by atoms with Crippen LogP contribution < -0.4 is 5.32 Å². The molecule has 0 radical (unpaired) electrons. The Morgan fingerprint density at radius 2 is 1.82 bits per heavy atom. The normalized spacial score (nSPS) is 19.1. The first kappa shape index (κ1) is 29.1. The second kappa shape index (κ2) is 12.4. The van der Waals surface area contributed by atoms with Gasteiger partial charge in [0.05, 0.1) is 35.7 Å². The second-order valence-corrected chi connectivity index (χ2v) is 11.0. The molecule has 206 valence electrons. The summed E-state index contributed by atoms with van der Waals surface area (Å²) >= 11 is 0. The van der Waals surface area contributed by atoms with Crippen LogP contribution in [0, 0.1) is 21.4 Å². The number of rotatable bonds is 10. The van der Waals surface area contributed by atoms with Gasteiger partial charge in [-0.05, 0) is 57.7 Å². The molecule has 0 saturated carbocycles. The molecule has 2 aliphatic heterocycles. The Labute approximate surface area is 224 Å². The molecule has 0 bridgehead atoms. The minimum Gasteiger partial charge on any atom is -0.466 e. The van der Waals surface area contributed by atoms with Gasteiger partial charge in [-0.15, -0.1) is 6.58 Å². The first-order valence-corrected chi connectivity index (χ1v) is 13.0. The third-order valence-electron chi connectivity index (χ3n) is 7.25. The molecule has 9 nitrogen and oxygen atoms in total. The first-order chi connectivity index (χ1) is 18.0. The number of carbonyl (C=O) groups is 2. The molecule has 2 aliphatic rings. The first-order valence-electron chi connectivity index (χ1n) is 13.0. The van der Waals surface area contributed by atoms with Gasteiger partial charge < -0.3 is 19.7 Å². The summed E-state index contributed by atoms with van der Waals surface area (Å²) in [7, 11) is 1.26. The fourth-order valence-electron chi connectivity index (χ4n) is 5.40. The lowest BCUT2D eigenvalue weighted by Crippen LogP contribution is -2.42. The molecule has 0 aromatic heterocycles. The van der Waals surface area contributed by atoms with Crippen molar-refractivity contribution in [2.75, 3.05) is 33.4 Å². The van der Waals surface area contributed by atoms with E-state index >= 15 is 0 Å². The van der Waals surface area contributed by atoms with Crippen molar-refractivity contribution in [1.82, 2.24) is 10.2 Å². The van der Waals surface area contributed by atoms with Gasteiger partial charge in [-0.25, -0.2) is 9.59 Å². The number of hydrogen-bond acceptors (Lipinski definition) is 8. The quantitative estimate of drug-likeness (QED) is 0.200. The standard InChI is InChI=1S/C29H39N3O6/c1-7-9-21-12-14-31(15-13-21)17-29(4,5)18-38-28(34)25-20(3)30-19(2)24(27(33)37-6)26(25)22-10-8-11-23(16-22)32(35)36/h7-8,10-11,16,21,26,30H,1,9,12-15,17-18H2,2-6H3. The lowest BCUT2D eigenvalue weighted by atomic mass is 9.80. The minimum atomic E-state index is -0.872. The SMILES string of the molecule is C=CCC1CCN(CC(C)(C)COC(=O)C2=C(C)NC(C)=C(C(=O)OC)C2c2cccc([N+](=O)[O-])c2)CC1. The molecule has 9 heteroatoms. The van der Waals surface area contributed by atoms with Gasteiger partial charge in [0.2, 0.25) is 0 Å². The van der Waals surface area contributed by atoms with Crippen LogP contribution in [0.25, 0.3) is 0 Å². The summed E-state index contributed by atoms with van der Waals surface area (Å²) in [4.78, 5) is 39.8. The number of carbonyl (C=O) groups excluding carboxylic acids is 2. The van der Waals surface area contributed by atoms with Gasteiger partial charge >= 0.3 is 11.9 Å². The fraction of sp³-hybridized carbons (Fsp3) is 0.517. The number of likely N-dealkylation sites (tertiary alicyclic amines) is 1. The Hall–Kier alpha value is -3.46. The van der Waals surface area contributed by atoms with Crippen molar-refractivity contribution in [3.63, 3.8) is 0 Å². The lowest BCUT2D eigenvalue weighted by molar-refractivity contribution is -0.384. The summed E-state index contributed by atoms with van der Waals surface area (Å²) in [6.07, 6.45) is 5.30. The van der Waals surface area contributed by atoms with E-state index in [-0.39, 0.29) is 28.9 Å². The highest BCUT2D eigenvalue weighted by molar-refractivity contribution is 5.99. The van der Waals surface area contributed by atoms with Crippen LogP contribution in [0.15, 0.2) is 59.5 Å². The van der Waals surface area contributed by atoms with Crippen LogP contribution in [0.1, 0.15) is 58.4 Å². The van der Waals surface area contributed by atoms with Crippen molar-refractivity contribution >= 4 is 17.6 Å². The van der Waals surface area contributed by atoms with Crippen molar-refractivity contribution in [2.24, 2.45) is 11.3 Å². The minimum absolute atomic E-state index is 0.133. The molecule has 0 spiro atoms. The Balaban J connectivity index is 1.82. The maximum Gasteiger partial charge on any atom is 0.336 e. The number of hydrogen-bond donors (Lipinski definition) is 1. The van der Waals surface area contributed by atoms with Gasteiger partial charge in [-0.1, -0.05) is 32.1 Å². The highest BCUT2D eigenvalue weighted by Gasteiger charge is 2.39. The Morgan fingerprint density at radius 1 is 1.18 bits per heavy atom. The second-order valence-electron chi connectivity index (χ2n) is 11.0. The number of methoxy groups -OCH3 is 1. The third-order valence-corrected chi connectivity index (χ3v) is 7.25. The smallest absolute Gasteiger partial charge is 0.336 e. The number of nitrogens with zero attached hydrogens (tertiary/aromatic N) is 2. The molecule has 2 heterocycles. The number of ether oxygens (including phenoxy) is 2. The summed E-state index contributed by atoms with van der Waals surface area (Å²) < 4.78 is 10.9. The van der Waals surface area contributed by atoms with Crippen LogP contribution in [0.4, 0.5) is 5.69 Å². The number of non-ortho nitro benzene ring substituents is 1. The molecule has 1 saturated heterocycles. The number of nitro groups is 1. The topological polar surface area (TPSA) is 111 Å². The lowest BCUT2D eigenvalue weighted by Gasteiger charge is -2.37. The summed E-state index contributed by atoms with van der Waals surface area (Å²) in [6, 6.07) is 5.96. The molecule has 0 amide bonds. The van der Waals surface area contributed by atoms with Crippen LogP contribution in [0.5, 0.6) is 0 Å². The van der Waals surface area contributed by atoms with Crippen molar-refractivity contribution < 1.29 is 24.0 Å². The van der Waals surface area contributed by atoms with Crippen LogP contribution in [-0.2, 0) is 19.1 Å². The molecule has 1 N–H and O–H groups in total. The maximum absolute atomic E-state index is 13.6. The van der Waals surface area contributed by atoms with Crippen molar-refractivity contribution in [3.05, 3.63) is 75.1 Å². The summed E-state index contributed by atoms with van der Waals surface area (Å²) in [6.45, 7) is 14.4. The monoisotopic (exact) mass is 525 g/mol. The molecule has 1 atom stereocenters. The van der Waals surface area contributed by atoms with E-state index in [9.17, 15) is 19.7 Å². The summed E-state index contributed by atoms with van der Waals surface area (Å²) in [5.74, 6) is -1.38. The molecule has 1 aromatic rings. The molecule has 1 unspecified atom stereocenters. The van der Waals surface area contributed by atoms with E-state index < -0.39 is 22.8 Å². The number of nitro benzene ring substituents is 1. The van der Waals surface area contributed by atoms with Crippen molar-refractivity contribution in [3.8, 4) is 0 Å². The number of allylic oxidation sites excluding steroid dienone is 3. The number of dihydropyridines is 1. The zero-order chi connectivity index (χ0) is 28.0. The van der Waals surface area contributed by atoms with E-state index in [0.29, 0.717) is 22.9 Å². The summed E-state index contributed by atoms with van der Waals surface area (Å²) in [5, 5.41) is 14.6. The molecule has 1 fully saturated rings. The Bertz CT molecular complexity index is 1140. The van der Waals surface area contributed by atoms with Crippen LogP contribution >= 0.6 is 0 Å². The largest absolute Gasteiger partial charge is 0.466 e. The van der Waals surface area contributed by atoms with Crippen molar-refractivity contribution in [2.45, 2.75) is 52.9 Å². The zero-order valence-electron chi connectivity index (χ0n) is 23.0. The molecular formula is C29H39N3O6. The van der Waals surface area contributed by atoms with Crippen LogP contribution in [0.3, 0.4) is 0 Å². The predicted molar refractivity (Wildman–Crippen MR) is 145 cm³/mol. The Kier molecular flexibility index (Phi) is 9.49. The fourth-order valence-corrected chi connectivity index (χ4v) is 5.40. The number of esters is 2. The Morgan fingerprint density at radius 3 is 2.39 bits per heavy atom. The van der Waals surface area contributed by atoms with Crippen LogP contribution in [0.2, 0.25) is 0 Å². The van der Waals surface area contributed by atoms with E-state index in [1.54, 1.807) is 26.0 Å². The summed E-state index contributed by atoms with van der Waals surface area (Å²) in [5.41, 5.74) is 1.50. The number of benzene rings is 1. The third kappa shape index (κ3) is 6.89. The predicted octanol–water partition coefficient (Wildman–Crippen LogP) is 4.86. The van der Waals surface area contributed by atoms with E-state index in [2.05, 4.69) is 30.6 Å². The van der Waals surface area contributed by atoms with Gasteiger partial charge in [0, 0.05) is 35.5 Å². The van der Waals surface area contributed by atoms with Gasteiger partial charge in [0.1, 0.15) is 0 Å². The van der Waals surface area contributed by atoms with E-state index in [1.807, 2.05) is 6.08 Å². The van der Waals surface area contributed by atoms with E-state index in [0.717, 1.165) is 38.9 Å². The molecular weight excluding hydrogens is 486 g/mol. The van der Waals surface area contributed by atoms with Gasteiger partial charge in [0.25, 0.3) is 5.69 Å². The molecule has 0 aliphatic carbocycles. The van der Waals surface area contributed by atoms with Gasteiger partial charge in [-0.2, -0.15) is 0 Å². The van der Waals surface area contributed by atoms with E-state index in [1.165, 1.54) is 19.2 Å². The van der Waals surface area contributed by atoms with Crippen molar-refractivity contribution in [1.29, 1.82) is 0 Å². The van der Waals surface area contributed by atoms with E-state index in [4.69, 9.17) is 9.47 Å². The number of piperidine rings is 1. The average Bonchev–Trinajstić information content (AvgIpc) is 2.87. The van der Waals surface area contributed by atoms with Gasteiger partial charge in [0.15, 0.2) is 0 Å².